The van der Waals surface area contributed by atoms with Crippen LogP contribution < -0.4 is 5.32 Å². The topological polar surface area (TPSA) is 32.3 Å². The number of rotatable bonds is 6. The van der Waals surface area contributed by atoms with Crippen molar-refractivity contribution in [2.24, 2.45) is 0 Å². The molecule has 1 saturated heterocycles. The van der Waals surface area contributed by atoms with Gasteiger partial charge in [0.25, 0.3) is 0 Å². The quantitative estimate of drug-likeness (QED) is 0.481. The molecule has 0 aliphatic carbocycles. The van der Waals surface area contributed by atoms with Gasteiger partial charge >= 0.3 is 0 Å². The molecule has 0 bridgehead atoms. The van der Waals surface area contributed by atoms with E-state index < -0.39 is 0 Å². The van der Waals surface area contributed by atoms with Gasteiger partial charge in [0.05, 0.1) is 0 Å². The molecule has 4 rings (SSSR count). The highest BCUT2D eigenvalue weighted by Gasteiger charge is 2.11. The van der Waals surface area contributed by atoms with E-state index in [9.17, 15) is 4.79 Å². The Hall–Kier alpha value is -2.88. The second-order valence-electron chi connectivity index (χ2n) is 7.63. The number of likely N-dealkylation sites (tertiary alicyclic amines) is 1. The summed E-state index contributed by atoms with van der Waals surface area (Å²) in [4.78, 5) is 14.7. The number of nitrogens with zero attached hydrogens (tertiary/aromatic N) is 1. The summed E-state index contributed by atoms with van der Waals surface area (Å²) in [6.07, 6.45) is 6.03. The SMILES string of the molecule is O=C(C=Cc1ccc(CN2CCCC2)cc1)Nc1ccc(-c2ccc(Cl)cc2)cc1. The minimum atomic E-state index is -0.143. The Morgan fingerprint density at radius 3 is 2.10 bits per heavy atom. The predicted octanol–water partition coefficient (Wildman–Crippen LogP) is 6.25. The van der Waals surface area contributed by atoms with E-state index in [-0.39, 0.29) is 5.91 Å². The van der Waals surface area contributed by atoms with Gasteiger partial charge in [0, 0.05) is 23.3 Å². The molecule has 30 heavy (non-hydrogen) atoms. The molecule has 0 radical (unpaired) electrons. The Morgan fingerprint density at radius 1 is 0.867 bits per heavy atom. The van der Waals surface area contributed by atoms with Crippen LogP contribution in [0.15, 0.2) is 78.9 Å². The van der Waals surface area contributed by atoms with Crippen molar-refractivity contribution in [1.82, 2.24) is 4.90 Å². The molecular formula is C26H25ClN2O. The number of carbonyl (C=O) groups is 1. The first kappa shape index (κ1) is 20.4. The number of carbonyl (C=O) groups excluding carboxylic acids is 1. The fraction of sp³-hybridized carbons (Fsp3) is 0.192. The zero-order chi connectivity index (χ0) is 20.8. The molecule has 1 fully saturated rings. The highest BCUT2D eigenvalue weighted by Crippen LogP contribution is 2.23. The van der Waals surface area contributed by atoms with Gasteiger partial charge in [-0.1, -0.05) is 60.1 Å². The maximum atomic E-state index is 12.3. The molecular weight excluding hydrogens is 392 g/mol. The molecule has 1 N–H and O–H groups in total. The Labute approximate surface area is 183 Å². The molecule has 0 aromatic heterocycles. The van der Waals surface area contributed by atoms with E-state index in [1.165, 1.54) is 31.5 Å². The summed E-state index contributed by atoms with van der Waals surface area (Å²) in [7, 11) is 0. The lowest BCUT2D eigenvalue weighted by atomic mass is 10.1. The summed E-state index contributed by atoms with van der Waals surface area (Å²) in [6.45, 7) is 3.40. The fourth-order valence-electron chi connectivity index (χ4n) is 3.68. The molecule has 0 unspecified atom stereocenters. The number of amides is 1. The van der Waals surface area contributed by atoms with Crippen molar-refractivity contribution < 1.29 is 4.79 Å². The summed E-state index contributed by atoms with van der Waals surface area (Å²) in [5.74, 6) is -0.143. The van der Waals surface area contributed by atoms with Crippen molar-refractivity contribution in [2.45, 2.75) is 19.4 Å². The minimum absolute atomic E-state index is 0.143. The number of hydrogen-bond donors (Lipinski definition) is 1. The van der Waals surface area contributed by atoms with Crippen LogP contribution in [0.3, 0.4) is 0 Å². The molecule has 152 valence electrons. The number of benzene rings is 3. The molecule has 1 aliphatic heterocycles. The highest BCUT2D eigenvalue weighted by atomic mass is 35.5. The maximum Gasteiger partial charge on any atom is 0.248 e. The van der Waals surface area contributed by atoms with Crippen LogP contribution in [0.25, 0.3) is 17.2 Å². The van der Waals surface area contributed by atoms with Crippen LogP contribution in [0.1, 0.15) is 24.0 Å². The summed E-state index contributed by atoms with van der Waals surface area (Å²) in [5.41, 5.74) is 5.27. The average Bonchev–Trinajstić information content (AvgIpc) is 3.28. The van der Waals surface area contributed by atoms with Crippen molar-refractivity contribution in [2.75, 3.05) is 18.4 Å². The largest absolute Gasteiger partial charge is 0.323 e. The molecule has 0 saturated carbocycles. The first-order valence-corrected chi connectivity index (χ1v) is 10.7. The molecule has 3 nitrogen and oxygen atoms in total. The summed E-state index contributed by atoms with van der Waals surface area (Å²) >= 11 is 5.94. The van der Waals surface area contributed by atoms with E-state index in [0.29, 0.717) is 0 Å². The molecule has 3 aromatic carbocycles. The van der Waals surface area contributed by atoms with Crippen molar-refractivity contribution in [1.29, 1.82) is 0 Å². The Bertz CT molecular complexity index is 1000. The number of halogens is 1. The molecule has 0 spiro atoms. The van der Waals surface area contributed by atoms with Gasteiger partial charge < -0.3 is 5.32 Å². The van der Waals surface area contributed by atoms with Gasteiger partial charge in [-0.25, -0.2) is 0 Å². The first-order valence-electron chi connectivity index (χ1n) is 10.3. The molecule has 3 aromatic rings. The smallest absolute Gasteiger partial charge is 0.248 e. The standard InChI is InChI=1S/C26H25ClN2O/c27-24-12-8-22(9-13-24)23-10-14-25(15-11-23)28-26(30)16-7-20-3-5-21(6-4-20)19-29-17-1-2-18-29/h3-16H,1-2,17-19H2,(H,28,30). The van der Waals surface area contributed by atoms with Crippen LogP contribution in [0.5, 0.6) is 0 Å². The molecule has 0 atom stereocenters. The van der Waals surface area contributed by atoms with Gasteiger partial charge in [0.1, 0.15) is 0 Å². The van der Waals surface area contributed by atoms with Gasteiger partial charge in [0.15, 0.2) is 0 Å². The van der Waals surface area contributed by atoms with Gasteiger partial charge in [-0.05, 0) is 78.5 Å². The molecule has 1 heterocycles. The summed E-state index contributed by atoms with van der Waals surface area (Å²) in [5, 5.41) is 3.62. The lowest BCUT2D eigenvalue weighted by molar-refractivity contribution is -0.111. The Morgan fingerprint density at radius 2 is 1.47 bits per heavy atom. The lowest BCUT2D eigenvalue weighted by Crippen LogP contribution is -2.18. The number of anilines is 1. The minimum Gasteiger partial charge on any atom is -0.323 e. The van der Waals surface area contributed by atoms with E-state index >= 15 is 0 Å². The van der Waals surface area contributed by atoms with Gasteiger partial charge in [-0.15, -0.1) is 0 Å². The predicted molar refractivity (Wildman–Crippen MR) is 126 cm³/mol. The van der Waals surface area contributed by atoms with Crippen molar-refractivity contribution in [3.05, 3.63) is 95.0 Å². The molecule has 1 aliphatic rings. The van der Waals surface area contributed by atoms with Crippen molar-refractivity contribution in [3.8, 4) is 11.1 Å². The van der Waals surface area contributed by atoms with Gasteiger partial charge in [-0.2, -0.15) is 0 Å². The highest BCUT2D eigenvalue weighted by molar-refractivity contribution is 6.30. The van der Waals surface area contributed by atoms with Crippen LogP contribution in [0, 0.1) is 0 Å². The third-order valence-corrected chi connectivity index (χ3v) is 5.59. The van der Waals surface area contributed by atoms with Gasteiger partial charge in [0.2, 0.25) is 5.91 Å². The fourth-order valence-corrected chi connectivity index (χ4v) is 3.80. The first-order chi connectivity index (χ1) is 14.7. The Kier molecular flexibility index (Phi) is 6.63. The van der Waals surface area contributed by atoms with Crippen LogP contribution in [0.4, 0.5) is 5.69 Å². The average molecular weight is 417 g/mol. The number of hydrogen-bond acceptors (Lipinski definition) is 2. The zero-order valence-electron chi connectivity index (χ0n) is 16.9. The maximum absolute atomic E-state index is 12.3. The van der Waals surface area contributed by atoms with E-state index in [2.05, 4.69) is 34.5 Å². The molecule has 1 amide bonds. The van der Waals surface area contributed by atoms with Crippen LogP contribution >= 0.6 is 11.6 Å². The summed E-state index contributed by atoms with van der Waals surface area (Å²) in [6, 6.07) is 23.9. The zero-order valence-corrected chi connectivity index (χ0v) is 17.6. The normalized spacial score (nSPS) is 14.3. The second-order valence-corrected chi connectivity index (χ2v) is 8.07. The third-order valence-electron chi connectivity index (χ3n) is 5.34. The monoisotopic (exact) mass is 416 g/mol. The van der Waals surface area contributed by atoms with Crippen LogP contribution in [-0.2, 0) is 11.3 Å². The second kappa shape index (κ2) is 9.75. The lowest BCUT2D eigenvalue weighted by Gasteiger charge is -2.14. The van der Waals surface area contributed by atoms with E-state index in [4.69, 9.17) is 11.6 Å². The number of nitrogens with one attached hydrogen (secondary N) is 1. The van der Waals surface area contributed by atoms with E-state index in [1.54, 1.807) is 6.08 Å². The Balaban J connectivity index is 1.31. The van der Waals surface area contributed by atoms with Crippen LogP contribution in [0.2, 0.25) is 5.02 Å². The van der Waals surface area contributed by atoms with E-state index in [0.717, 1.165) is 33.9 Å². The van der Waals surface area contributed by atoms with E-state index in [1.807, 2.05) is 54.6 Å². The van der Waals surface area contributed by atoms with Crippen LogP contribution in [-0.4, -0.2) is 23.9 Å². The van der Waals surface area contributed by atoms with Crippen molar-refractivity contribution in [3.63, 3.8) is 0 Å². The molecule has 4 heteroatoms. The third kappa shape index (κ3) is 5.59. The summed E-state index contributed by atoms with van der Waals surface area (Å²) < 4.78 is 0. The van der Waals surface area contributed by atoms with Gasteiger partial charge in [-0.3, -0.25) is 9.69 Å². The van der Waals surface area contributed by atoms with Crippen molar-refractivity contribution >= 4 is 29.3 Å².